The van der Waals surface area contributed by atoms with E-state index in [0.29, 0.717) is 18.2 Å². The lowest BCUT2D eigenvalue weighted by molar-refractivity contribution is -0.133. The number of nitrogens with one attached hydrogen (secondary N) is 1. The Morgan fingerprint density at radius 3 is 2.58 bits per heavy atom. The van der Waals surface area contributed by atoms with E-state index in [1.807, 2.05) is 11.0 Å². The van der Waals surface area contributed by atoms with Gasteiger partial charge in [0, 0.05) is 44.0 Å². The van der Waals surface area contributed by atoms with E-state index >= 15 is 0 Å². The van der Waals surface area contributed by atoms with E-state index in [4.69, 9.17) is 11.6 Å². The predicted molar refractivity (Wildman–Crippen MR) is 106 cm³/mol. The maximum absolute atomic E-state index is 12.3. The van der Waals surface area contributed by atoms with Crippen LogP contribution in [0.1, 0.15) is 24.1 Å². The fraction of sp³-hybridized carbons (Fsp3) is 0.688. The van der Waals surface area contributed by atoms with Crippen LogP contribution in [0.4, 0.5) is 0 Å². The fourth-order valence-corrected chi connectivity index (χ4v) is 4.39. The fourth-order valence-electron chi connectivity index (χ4n) is 3.26. The number of piperazine rings is 1. The van der Waals surface area contributed by atoms with Crippen molar-refractivity contribution in [2.75, 3.05) is 39.3 Å². The number of amides is 1. The second-order valence-corrected chi connectivity index (χ2v) is 8.06. The van der Waals surface area contributed by atoms with Crippen LogP contribution in [0.25, 0.3) is 0 Å². The Balaban J connectivity index is 0.00000144. The molecule has 4 nitrogen and oxygen atoms in total. The van der Waals surface area contributed by atoms with E-state index in [2.05, 4.69) is 16.3 Å². The van der Waals surface area contributed by atoms with Crippen LogP contribution in [0, 0.1) is 5.92 Å². The van der Waals surface area contributed by atoms with Gasteiger partial charge >= 0.3 is 0 Å². The maximum atomic E-state index is 12.3. The lowest BCUT2D eigenvalue weighted by atomic mass is 10.0. The number of thiophene rings is 1. The van der Waals surface area contributed by atoms with Gasteiger partial charge in [0.2, 0.25) is 5.91 Å². The number of nitrogens with zero attached hydrogens (tertiary/aromatic N) is 2. The number of carbonyl (C=O) groups is 1. The number of carbonyl (C=O) groups excluding carboxylic acids is 1. The smallest absolute Gasteiger partial charge is 0.222 e. The second kappa shape index (κ2) is 10.8. The Hall–Kier alpha value is -0.0400. The van der Waals surface area contributed by atoms with E-state index in [0.717, 1.165) is 56.6 Å². The van der Waals surface area contributed by atoms with Crippen LogP contribution in [-0.4, -0.2) is 55.0 Å². The summed E-state index contributed by atoms with van der Waals surface area (Å²) in [5, 5.41) is 3.37. The number of rotatable bonds is 5. The highest BCUT2D eigenvalue weighted by Gasteiger charge is 2.23. The van der Waals surface area contributed by atoms with Crippen molar-refractivity contribution in [3.05, 3.63) is 21.3 Å². The summed E-state index contributed by atoms with van der Waals surface area (Å²) in [4.78, 5) is 18.1. The highest BCUT2D eigenvalue weighted by atomic mass is 35.5. The molecule has 1 atom stereocenters. The minimum Gasteiger partial charge on any atom is -0.340 e. The van der Waals surface area contributed by atoms with E-state index < -0.39 is 0 Å². The Labute approximate surface area is 165 Å². The van der Waals surface area contributed by atoms with Crippen molar-refractivity contribution in [3.8, 4) is 0 Å². The van der Waals surface area contributed by atoms with Gasteiger partial charge in [0.25, 0.3) is 0 Å². The molecule has 1 N–H and O–H groups in total. The molecule has 0 saturated carbocycles. The van der Waals surface area contributed by atoms with Crippen LogP contribution in [-0.2, 0) is 11.3 Å². The highest BCUT2D eigenvalue weighted by molar-refractivity contribution is 7.16. The third-order valence-electron chi connectivity index (χ3n) is 4.66. The molecule has 24 heavy (non-hydrogen) atoms. The molecule has 0 spiro atoms. The first-order valence-corrected chi connectivity index (χ1v) is 9.35. The molecule has 138 valence electrons. The zero-order valence-electron chi connectivity index (χ0n) is 13.7. The molecule has 3 rings (SSSR count). The van der Waals surface area contributed by atoms with Crippen LogP contribution >= 0.6 is 47.8 Å². The van der Waals surface area contributed by atoms with Crippen LogP contribution < -0.4 is 5.32 Å². The van der Waals surface area contributed by atoms with Gasteiger partial charge in [0.15, 0.2) is 0 Å². The van der Waals surface area contributed by atoms with Gasteiger partial charge in [-0.25, -0.2) is 0 Å². The van der Waals surface area contributed by atoms with Gasteiger partial charge < -0.3 is 10.2 Å². The minimum atomic E-state index is 0. The van der Waals surface area contributed by atoms with Crippen LogP contribution in [0.15, 0.2) is 12.1 Å². The number of hydrogen-bond donors (Lipinski definition) is 1. The Kier molecular flexibility index (Phi) is 9.94. The van der Waals surface area contributed by atoms with E-state index in [1.54, 1.807) is 11.3 Å². The standard InChI is InChI=1S/C16H24ClN3OS.2ClH/c17-15-3-2-14(22-15)12-19-7-9-20(10-8-19)16(21)4-1-13-5-6-18-11-13;;/h2-3,13,18H,1,4-12H2;2*1H. The molecule has 2 saturated heterocycles. The normalized spacial score (nSPS) is 21.2. The summed E-state index contributed by atoms with van der Waals surface area (Å²) in [5.41, 5.74) is 0. The molecule has 2 fully saturated rings. The van der Waals surface area contributed by atoms with Crippen LogP contribution in [0.5, 0.6) is 0 Å². The summed E-state index contributed by atoms with van der Waals surface area (Å²) < 4.78 is 0.852. The van der Waals surface area contributed by atoms with Crippen LogP contribution in [0.3, 0.4) is 0 Å². The molecule has 0 aliphatic carbocycles. The molecule has 3 heterocycles. The zero-order valence-corrected chi connectivity index (χ0v) is 16.9. The van der Waals surface area contributed by atoms with E-state index in [9.17, 15) is 4.79 Å². The SMILES string of the molecule is Cl.Cl.O=C(CCC1CCNC1)N1CCN(Cc2ccc(Cl)s2)CC1. The van der Waals surface area contributed by atoms with Crippen molar-refractivity contribution >= 4 is 53.7 Å². The molecule has 2 aliphatic heterocycles. The van der Waals surface area contributed by atoms with Gasteiger partial charge in [-0.05, 0) is 44.0 Å². The lowest BCUT2D eigenvalue weighted by Crippen LogP contribution is -2.48. The zero-order chi connectivity index (χ0) is 15.4. The largest absolute Gasteiger partial charge is 0.340 e. The van der Waals surface area contributed by atoms with Gasteiger partial charge in [-0.15, -0.1) is 36.2 Å². The topological polar surface area (TPSA) is 35.6 Å². The quantitative estimate of drug-likeness (QED) is 0.803. The van der Waals surface area contributed by atoms with Crippen molar-refractivity contribution < 1.29 is 4.79 Å². The number of halogens is 3. The van der Waals surface area contributed by atoms with Crippen molar-refractivity contribution in [2.45, 2.75) is 25.8 Å². The third-order valence-corrected chi connectivity index (χ3v) is 5.88. The monoisotopic (exact) mass is 413 g/mol. The lowest BCUT2D eigenvalue weighted by Gasteiger charge is -2.34. The molecule has 0 radical (unpaired) electrons. The van der Waals surface area contributed by atoms with Crippen LogP contribution in [0.2, 0.25) is 4.34 Å². The molecular formula is C16H26Cl3N3OS. The van der Waals surface area contributed by atoms with Crippen molar-refractivity contribution in [3.63, 3.8) is 0 Å². The Morgan fingerprint density at radius 1 is 1.25 bits per heavy atom. The summed E-state index contributed by atoms with van der Waals surface area (Å²) in [6.45, 7) is 6.81. The summed E-state index contributed by atoms with van der Waals surface area (Å²) in [5.74, 6) is 1.04. The molecule has 0 aromatic carbocycles. The molecule has 1 aromatic heterocycles. The van der Waals surface area contributed by atoms with Gasteiger partial charge in [0.1, 0.15) is 0 Å². The highest BCUT2D eigenvalue weighted by Crippen LogP contribution is 2.23. The summed E-state index contributed by atoms with van der Waals surface area (Å²) >= 11 is 7.62. The second-order valence-electron chi connectivity index (χ2n) is 6.26. The Morgan fingerprint density at radius 2 is 2.00 bits per heavy atom. The predicted octanol–water partition coefficient (Wildman–Crippen LogP) is 3.28. The third kappa shape index (κ3) is 6.36. The van der Waals surface area contributed by atoms with Crippen molar-refractivity contribution in [1.82, 2.24) is 15.1 Å². The van der Waals surface area contributed by atoms with Crippen molar-refractivity contribution in [2.24, 2.45) is 5.92 Å². The molecular weight excluding hydrogens is 389 g/mol. The van der Waals surface area contributed by atoms with E-state index in [1.165, 1.54) is 11.3 Å². The van der Waals surface area contributed by atoms with Gasteiger partial charge in [-0.1, -0.05) is 11.6 Å². The van der Waals surface area contributed by atoms with Gasteiger partial charge in [-0.2, -0.15) is 0 Å². The average Bonchev–Trinajstić information content (AvgIpc) is 3.17. The van der Waals surface area contributed by atoms with Gasteiger partial charge in [0.05, 0.1) is 4.34 Å². The first kappa shape index (κ1) is 22.0. The summed E-state index contributed by atoms with van der Waals surface area (Å²) in [6, 6.07) is 4.05. The molecule has 2 aliphatic rings. The molecule has 1 aromatic rings. The van der Waals surface area contributed by atoms with E-state index in [-0.39, 0.29) is 24.8 Å². The number of hydrogen-bond acceptors (Lipinski definition) is 4. The summed E-state index contributed by atoms with van der Waals surface area (Å²) in [6.07, 6.45) is 2.98. The average molecular weight is 415 g/mol. The Bertz CT molecular complexity index is 501. The van der Waals surface area contributed by atoms with Gasteiger partial charge in [-0.3, -0.25) is 9.69 Å². The molecule has 1 amide bonds. The first-order chi connectivity index (χ1) is 10.7. The van der Waals surface area contributed by atoms with Crippen molar-refractivity contribution in [1.29, 1.82) is 0 Å². The first-order valence-electron chi connectivity index (χ1n) is 8.16. The minimum absolute atomic E-state index is 0. The summed E-state index contributed by atoms with van der Waals surface area (Å²) in [7, 11) is 0. The maximum Gasteiger partial charge on any atom is 0.222 e. The molecule has 8 heteroatoms. The molecule has 0 bridgehead atoms. The molecule has 1 unspecified atom stereocenters.